The molecule has 20 heavy (non-hydrogen) atoms. The second-order valence-corrected chi connectivity index (χ2v) is 6.58. The maximum absolute atomic E-state index is 4.77. The summed E-state index contributed by atoms with van der Waals surface area (Å²) in [6.45, 7) is 0. The van der Waals surface area contributed by atoms with Crippen molar-refractivity contribution in [2.75, 3.05) is 0 Å². The molecule has 0 aliphatic rings. The summed E-state index contributed by atoms with van der Waals surface area (Å²) < 4.78 is 2.36. The van der Waals surface area contributed by atoms with Crippen molar-refractivity contribution in [2.24, 2.45) is 0 Å². The van der Waals surface area contributed by atoms with Crippen LogP contribution >= 0.6 is 27.3 Å². The molecule has 0 aliphatic heterocycles. The van der Waals surface area contributed by atoms with E-state index in [0.717, 1.165) is 15.0 Å². The summed E-state index contributed by atoms with van der Waals surface area (Å²) in [6.07, 6.45) is 0. The number of halogens is 1. The molecule has 4 aromatic rings. The molecule has 0 spiro atoms. The van der Waals surface area contributed by atoms with Crippen LogP contribution < -0.4 is 0 Å². The highest BCUT2D eigenvalue weighted by Gasteiger charge is 2.09. The Hall–Kier alpha value is -1.71. The Balaban J connectivity index is 2.04. The van der Waals surface area contributed by atoms with Gasteiger partial charge in [-0.05, 0) is 23.6 Å². The number of nitrogens with zero attached hydrogens (tertiary/aromatic N) is 1. The minimum atomic E-state index is 1.07. The van der Waals surface area contributed by atoms with Gasteiger partial charge in [0, 0.05) is 15.4 Å². The van der Waals surface area contributed by atoms with E-state index in [4.69, 9.17) is 4.98 Å². The number of hydrogen-bond acceptors (Lipinski definition) is 2. The third-order valence-corrected chi connectivity index (χ3v) is 5.00. The minimum Gasteiger partial charge on any atom is -0.236 e. The number of benzene rings is 3. The maximum Gasteiger partial charge on any atom is 0.124 e. The molecule has 1 heterocycles. The predicted molar refractivity (Wildman–Crippen MR) is 90.3 cm³/mol. The van der Waals surface area contributed by atoms with Gasteiger partial charge in [-0.25, -0.2) is 4.98 Å². The van der Waals surface area contributed by atoms with Gasteiger partial charge in [0.2, 0.25) is 0 Å². The normalized spacial score (nSPS) is 11.2. The Morgan fingerprint density at radius 1 is 0.900 bits per heavy atom. The van der Waals surface area contributed by atoms with Crippen LogP contribution in [0.3, 0.4) is 0 Å². The number of aromatic nitrogens is 1. The fourth-order valence-electron chi connectivity index (χ4n) is 2.38. The molecule has 0 unspecified atom stereocenters. The summed E-state index contributed by atoms with van der Waals surface area (Å²) in [5.41, 5.74) is 2.25. The first-order chi connectivity index (χ1) is 9.81. The third kappa shape index (κ3) is 1.94. The number of fused-ring (bicyclic) bond motifs is 3. The summed E-state index contributed by atoms with van der Waals surface area (Å²) in [5, 5.41) is 3.59. The van der Waals surface area contributed by atoms with Gasteiger partial charge in [-0.3, -0.25) is 0 Å². The van der Waals surface area contributed by atoms with Gasteiger partial charge in [-0.1, -0.05) is 58.4 Å². The quantitative estimate of drug-likeness (QED) is 0.422. The molecular weight excluding hydrogens is 330 g/mol. The fraction of sp³-hybridized carbons (Fsp3) is 0. The lowest BCUT2D eigenvalue weighted by Gasteiger charge is -1.98. The molecule has 96 valence electrons. The Morgan fingerprint density at radius 3 is 2.55 bits per heavy atom. The molecule has 0 saturated carbocycles. The lowest BCUT2D eigenvalue weighted by molar-refractivity contribution is 1.48. The zero-order valence-corrected chi connectivity index (χ0v) is 12.9. The van der Waals surface area contributed by atoms with E-state index < -0.39 is 0 Å². The van der Waals surface area contributed by atoms with Crippen molar-refractivity contribution in [3.05, 3.63) is 65.1 Å². The molecule has 3 aromatic carbocycles. The Morgan fingerprint density at radius 2 is 1.70 bits per heavy atom. The van der Waals surface area contributed by atoms with Gasteiger partial charge in [0.15, 0.2) is 0 Å². The predicted octanol–water partition coefficient (Wildman–Crippen LogP) is 5.88. The molecule has 1 aromatic heterocycles. The molecule has 0 saturated heterocycles. The SMILES string of the molecule is Brc1ccc2ccc3nc(-c4ccccc4)sc3c2c1. The smallest absolute Gasteiger partial charge is 0.124 e. The van der Waals surface area contributed by atoms with Crippen LogP contribution in [0.25, 0.3) is 31.6 Å². The summed E-state index contributed by atoms with van der Waals surface area (Å²) in [5.74, 6) is 0. The van der Waals surface area contributed by atoms with Crippen LogP contribution in [0.2, 0.25) is 0 Å². The zero-order valence-electron chi connectivity index (χ0n) is 10.5. The highest BCUT2D eigenvalue weighted by Crippen LogP contribution is 2.35. The van der Waals surface area contributed by atoms with E-state index in [2.05, 4.69) is 70.5 Å². The molecule has 4 rings (SSSR count). The largest absolute Gasteiger partial charge is 0.236 e. The van der Waals surface area contributed by atoms with Crippen molar-refractivity contribution in [1.29, 1.82) is 0 Å². The average Bonchev–Trinajstić information content (AvgIpc) is 2.93. The molecular formula is C17H10BrNS. The van der Waals surface area contributed by atoms with Crippen LogP contribution in [-0.4, -0.2) is 4.98 Å². The second-order valence-electron chi connectivity index (χ2n) is 4.66. The van der Waals surface area contributed by atoms with Crippen LogP contribution in [0.1, 0.15) is 0 Å². The van der Waals surface area contributed by atoms with E-state index >= 15 is 0 Å². The third-order valence-electron chi connectivity index (χ3n) is 3.35. The molecule has 0 bridgehead atoms. The molecule has 0 radical (unpaired) electrons. The van der Waals surface area contributed by atoms with Crippen LogP contribution in [0.15, 0.2) is 65.1 Å². The summed E-state index contributed by atoms with van der Waals surface area (Å²) in [4.78, 5) is 4.77. The average molecular weight is 340 g/mol. The van der Waals surface area contributed by atoms with E-state index in [1.54, 1.807) is 11.3 Å². The van der Waals surface area contributed by atoms with E-state index in [0.29, 0.717) is 0 Å². The van der Waals surface area contributed by atoms with Crippen LogP contribution in [0, 0.1) is 0 Å². The van der Waals surface area contributed by atoms with Gasteiger partial charge < -0.3 is 0 Å². The van der Waals surface area contributed by atoms with Crippen molar-refractivity contribution in [1.82, 2.24) is 4.98 Å². The lowest BCUT2D eigenvalue weighted by atomic mass is 10.1. The Labute approximate surface area is 129 Å². The van der Waals surface area contributed by atoms with Crippen LogP contribution in [0.5, 0.6) is 0 Å². The topological polar surface area (TPSA) is 12.9 Å². The highest BCUT2D eigenvalue weighted by molar-refractivity contribution is 9.10. The van der Waals surface area contributed by atoms with E-state index in [1.807, 2.05) is 6.07 Å². The van der Waals surface area contributed by atoms with E-state index in [-0.39, 0.29) is 0 Å². The van der Waals surface area contributed by atoms with Gasteiger partial charge in [-0.2, -0.15) is 0 Å². The molecule has 0 amide bonds. The first kappa shape index (κ1) is 12.1. The molecule has 0 atom stereocenters. The molecule has 3 heteroatoms. The Bertz CT molecular complexity index is 912. The standard InChI is InChI=1S/C17H10BrNS/c18-13-8-6-11-7-9-15-16(14(11)10-13)20-17(19-15)12-4-2-1-3-5-12/h1-10H. The van der Waals surface area contributed by atoms with Crippen molar-refractivity contribution in [3.8, 4) is 10.6 Å². The summed E-state index contributed by atoms with van der Waals surface area (Å²) >= 11 is 5.31. The van der Waals surface area contributed by atoms with E-state index in [1.165, 1.54) is 21.0 Å². The Kier molecular flexibility index (Phi) is 2.83. The zero-order chi connectivity index (χ0) is 13.5. The van der Waals surface area contributed by atoms with Gasteiger partial charge in [0.25, 0.3) is 0 Å². The fourth-order valence-corrected chi connectivity index (χ4v) is 3.84. The maximum atomic E-state index is 4.77. The molecule has 0 fully saturated rings. The second kappa shape index (κ2) is 4.69. The van der Waals surface area contributed by atoms with Crippen molar-refractivity contribution in [2.45, 2.75) is 0 Å². The first-order valence-corrected chi connectivity index (χ1v) is 7.96. The van der Waals surface area contributed by atoms with Crippen molar-refractivity contribution in [3.63, 3.8) is 0 Å². The summed E-state index contributed by atoms with van der Waals surface area (Å²) in [6, 6.07) is 21.0. The number of hydrogen-bond donors (Lipinski definition) is 0. The van der Waals surface area contributed by atoms with Crippen LogP contribution in [-0.2, 0) is 0 Å². The van der Waals surface area contributed by atoms with Gasteiger partial charge in [0.1, 0.15) is 5.01 Å². The molecule has 0 aliphatic carbocycles. The van der Waals surface area contributed by atoms with Gasteiger partial charge in [0.05, 0.1) is 10.2 Å². The molecule has 1 nitrogen and oxygen atoms in total. The molecule has 0 N–H and O–H groups in total. The number of thiazole rings is 1. The van der Waals surface area contributed by atoms with Gasteiger partial charge >= 0.3 is 0 Å². The van der Waals surface area contributed by atoms with Gasteiger partial charge in [-0.15, -0.1) is 11.3 Å². The van der Waals surface area contributed by atoms with Crippen molar-refractivity contribution >= 4 is 48.3 Å². The van der Waals surface area contributed by atoms with E-state index in [9.17, 15) is 0 Å². The van der Waals surface area contributed by atoms with Crippen LogP contribution in [0.4, 0.5) is 0 Å². The first-order valence-electron chi connectivity index (χ1n) is 6.35. The number of rotatable bonds is 1. The highest BCUT2D eigenvalue weighted by atomic mass is 79.9. The monoisotopic (exact) mass is 339 g/mol. The minimum absolute atomic E-state index is 1.07. The summed E-state index contributed by atoms with van der Waals surface area (Å²) in [7, 11) is 0. The lowest BCUT2D eigenvalue weighted by Crippen LogP contribution is -1.75. The van der Waals surface area contributed by atoms with Crippen molar-refractivity contribution < 1.29 is 0 Å².